The van der Waals surface area contributed by atoms with Crippen LogP contribution >= 0.6 is 0 Å². The Labute approximate surface area is 103 Å². The molecule has 0 aromatic carbocycles. The molecular weight excluding hydrogens is 216 g/mol. The lowest BCUT2D eigenvalue weighted by atomic mass is 9.88. The highest BCUT2D eigenvalue weighted by molar-refractivity contribution is 5.78. The zero-order chi connectivity index (χ0) is 12.3. The van der Waals surface area contributed by atoms with E-state index in [-0.39, 0.29) is 11.8 Å². The molecule has 0 spiro atoms. The smallest absolute Gasteiger partial charge is 0.223 e. The van der Waals surface area contributed by atoms with Gasteiger partial charge in [0.25, 0.3) is 0 Å². The van der Waals surface area contributed by atoms with Gasteiger partial charge in [-0.25, -0.2) is 0 Å². The maximum Gasteiger partial charge on any atom is 0.223 e. The second-order valence-corrected chi connectivity index (χ2v) is 5.32. The van der Waals surface area contributed by atoms with Crippen LogP contribution in [0.25, 0.3) is 0 Å². The van der Waals surface area contributed by atoms with Gasteiger partial charge in [0.1, 0.15) is 0 Å². The van der Waals surface area contributed by atoms with Crippen LogP contribution in [0.1, 0.15) is 26.7 Å². The first-order chi connectivity index (χ1) is 8.22. The molecule has 4 heteroatoms. The number of nitrogens with one attached hydrogen (secondary N) is 2. The molecule has 2 aliphatic rings. The van der Waals surface area contributed by atoms with Crippen LogP contribution < -0.4 is 10.6 Å². The zero-order valence-corrected chi connectivity index (χ0v) is 10.9. The topological polar surface area (TPSA) is 50.4 Å². The van der Waals surface area contributed by atoms with Gasteiger partial charge in [-0.3, -0.25) is 4.79 Å². The van der Waals surface area contributed by atoms with Crippen LogP contribution in [0, 0.1) is 17.8 Å². The van der Waals surface area contributed by atoms with Gasteiger partial charge in [0.2, 0.25) is 5.91 Å². The normalized spacial score (nSPS) is 30.9. The molecule has 0 saturated carbocycles. The fourth-order valence-electron chi connectivity index (χ4n) is 2.65. The number of carbonyl (C=O) groups excluding carboxylic acids is 1. The summed E-state index contributed by atoms with van der Waals surface area (Å²) in [5.74, 6) is 1.38. The minimum absolute atomic E-state index is 0.138. The van der Waals surface area contributed by atoms with Crippen molar-refractivity contribution in [2.75, 3.05) is 26.2 Å². The molecule has 17 heavy (non-hydrogen) atoms. The lowest BCUT2D eigenvalue weighted by molar-refractivity contribution is -0.126. The van der Waals surface area contributed by atoms with Crippen LogP contribution in [0.3, 0.4) is 0 Å². The molecule has 0 bridgehead atoms. The number of rotatable bonds is 5. The van der Waals surface area contributed by atoms with Gasteiger partial charge in [-0.1, -0.05) is 13.8 Å². The van der Waals surface area contributed by atoms with Crippen molar-refractivity contribution in [3.05, 3.63) is 0 Å². The summed E-state index contributed by atoms with van der Waals surface area (Å²) in [7, 11) is 0. The van der Waals surface area contributed by atoms with Gasteiger partial charge in [-0.2, -0.15) is 0 Å². The Morgan fingerprint density at radius 1 is 1.53 bits per heavy atom. The lowest BCUT2D eigenvalue weighted by Gasteiger charge is -2.32. The summed E-state index contributed by atoms with van der Waals surface area (Å²) in [6, 6.07) is 0. The minimum Gasteiger partial charge on any atom is -0.378 e. The molecule has 2 rings (SSSR count). The summed E-state index contributed by atoms with van der Waals surface area (Å²) in [4.78, 5) is 11.9. The molecule has 3 atom stereocenters. The van der Waals surface area contributed by atoms with Crippen molar-refractivity contribution in [3.63, 3.8) is 0 Å². The molecule has 2 heterocycles. The third-order valence-electron chi connectivity index (χ3n) is 4.22. The summed E-state index contributed by atoms with van der Waals surface area (Å²) in [5, 5.41) is 6.30. The van der Waals surface area contributed by atoms with Gasteiger partial charge in [0.15, 0.2) is 0 Å². The molecule has 98 valence electrons. The van der Waals surface area contributed by atoms with Crippen LogP contribution in [-0.4, -0.2) is 38.3 Å². The maximum atomic E-state index is 11.9. The first-order valence-electron chi connectivity index (χ1n) is 6.82. The van der Waals surface area contributed by atoms with E-state index >= 15 is 0 Å². The highest BCUT2D eigenvalue weighted by Crippen LogP contribution is 2.23. The van der Waals surface area contributed by atoms with Crippen molar-refractivity contribution in [1.29, 1.82) is 0 Å². The Balaban J connectivity index is 1.71. The quantitative estimate of drug-likeness (QED) is 0.746. The summed E-state index contributed by atoms with van der Waals surface area (Å²) in [6.45, 7) is 7.77. The van der Waals surface area contributed by atoms with Gasteiger partial charge in [-0.05, 0) is 31.8 Å². The van der Waals surface area contributed by atoms with Crippen molar-refractivity contribution in [1.82, 2.24) is 10.6 Å². The largest absolute Gasteiger partial charge is 0.378 e. The average molecular weight is 240 g/mol. The fourth-order valence-corrected chi connectivity index (χ4v) is 2.65. The number of ether oxygens (including phenoxy) is 1. The van der Waals surface area contributed by atoms with Crippen molar-refractivity contribution >= 4 is 5.91 Å². The van der Waals surface area contributed by atoms with E-state index < -0.39 is 0 Å². The third kappa shape index (κ3) is 2.99. The van der Waals surface area contributed by atoms with Crippen LogP contribution in [0.15, 0.2) is 0 Å². The lowest BCUT2D eigenvalue weighted by Crippen LogP contribution is -2.50. The van der Waals surface area contributed by atoms with Crippen LogP contribution in [0.4, 0.5) is 0 Å². The highest BCUT2D eigenvalue weighted by atomic mass is 16.5. The molecular formula is C13H24N2O2. The fraction of sp³-hybridized carbons (Fsp3) is 0.923. The molecule has 3 unspecified atom stereocenters. The molecule has 4 nitrogen and oxygen atoms in total. The van der Waals surface area contributed by atoms with E-state index in [1.807, 2.05) is 6.92 Å². The van der Waals surface area contributed by atoms with Gasteiger partial charge in [0.05, 0.1) is 6.10 Å². The van der Waals surface area contributed by atoms with Crippen molar-refractivity contribution in [2.45, 2.75) is 32.8 Å². The summed E-state index contributed by atoms with van der Waals surface area (Å²) in [5.41, 5.74) is 0. The van der Waals surface area contributed by atoms with E-state index in [0.29, 0.717) is 17.9 Å². The molecule has 2 N–H and O–H groups in total. The molecule has 0 aromatic heterocycles. The molecule has 1 amide bonds. The van der Waals surface area contributed by atoms with Crippen LogP contribution in [0.5, 0.6) is 0 Å². The minimum atomic E-state index is 0.138. The highest BCUT2D eigenvalue weighted by Gasteiger charge is 2.31. The second kappa shape index (κ2) is 5.83. The van der Waals surface area contributed by atoms with Crippen LogP contribution in [-0.2, 0) is 9.53 Å². The van der Waals surface area contributed by atoms with E-state index in [9.17, 15) is 4.79 Å². The van der Waals surface area contributed by atoms with Gasteiger partial charge < -0.3 is 15.4 Å². The Kier molecular flexibility index (Phi) is 4.40. The Hall–Kier alpha value is -0.610. The number of hydrogen-bond donors (Lipinski definition) is 2. The summed E-state index contributed by atoms with van der Waals surface area (Å²) >= 11 is 0. The monoisotopic (exact) mass is 240 g/mol. The Morgan fingerprint density at radius 3 is 2.88 bits per heavy atom. The molecule has 0 aromatic rings. The van der Waals surface area contributed by atoms with Crippen LogP contribution in [0.2, 0.25) is 0 Å². The average Bonchev–Trinajstić information content (AvgIpc) is 2.70. The molecule has 2 fully saturated rings. The van der Waals surface area contributed by atoms with Gasteiger partial charge >= 0.3 is 0 Å². The van der Waals surface area contributed by atoms with E-state index in [1.54, 1.807) is 0 Å². The molecule has 2 aliphatic heterocycles. The molecule has 0 aliphatic carbocycles. The maximum absolute atomic E-state index is 11.9. The van der Waals surface area contributed by atoms with Crippen molar-refractivity contribution < 1.29 is 9.53 Å². The second-order valence-electron chi connectivity index (χ2n) is 5.32. The Morgan fingerprint density at radius 2 is 2.29 bits per heavy atom. The van der Waals surface area contributed by atoms with Crippen molar-refractivity contribution in [3.8, 4) is 0 Å². The molecule has 2 saturated heterocycles. The van der Waals surface area contributed by atoms with Gasteiger partial charge in [0, 0.05) is 25.0 Å². The predicted molar refractivity (Wildman–Crippen MR) is 66.7 cm³/mol. The predicted octanol–water partition coefficient (Wildman–Crippen LogP) is 0.773. The number of amides is 1. The first kappa shape index (κ1) is 12.8. The van der Waals surface area contributed by atoms with E-state index in [2.05, 4.69) is 17.6 Å². The molecule has 0 radical (unpaired) electrons. The first-order valence-corrected chi connectivity index (χ1v) is 6.82. The number of carbonyl (C=O) groups is 1. The summed E-state index contributed by atoms with van der Waals surface area (Å²) in [6.07, 6.45) is 2.47. The summed E-state index contributed by atoms with van der Waals surface area (Å²) < 4.78 is 5.63. The van der Waals surface area contributed by atoms with Gasteiger partial charge in [-0.15, -0.1) is 0 Å². The zero-order valence-electron chi connectivity index (χ0n) is 10.9. The van der Waals surface area contributed by atoms with E-state index in [4.69, 9.17) is 4.74 Å². The standard InChI is InChI=1S/C13H24N2O2/c1-3-12-10(4-5-17-12)8-15-13(16)9(2)11-6-14-7-11/h9-12,14H,3-8H2,1-2H3,(H,15,16). The number of hydrogen-bond acceptors (Lipinski definition) is 3. The Bertz CT molecular complexity index is 266. The third-order valence-corrected chi connectivity index (χ3v) is 4.22. The van der Waals surface area contributed by atoms with E-state index in [1.165, 1.54) is 0 Å². The van der Waals surface area contributed by atoms with Crippen molar-refractivity contribution in [2.24, 2.45) is 17.8 Å². The van der Waals surface area contributed by atoms with E-state index in [0.717, 1.165) is 39.1 Å². The SMILES string of the molecule is CCC1OCCC1CNC(=O)C(C)C1CNC1.